The number of nitrogens with two attached hydrogens (primary N) is 1. The fraction of sp³-hybridized carbons (Fsp3) is 0.485. The van der Waals surface area contributed by atoms with Gasteiger partial charge in [-0.2, -0.15) is 0 Å². The van der Waals surface area contributed by atoms with Gasteiger partial charge in [-0.05, 0) is 58.0 Å². The molecule has 0 heterocycles. The van der Waals surface area contributed by atoms with Gasteiger partial charge in [-0.15, -0.1) is 0 Å². The molecule has 3 aliphatic carbocycles. The first-order chi connectivity index (χ1) is 20.8. The van der Waals surface area contributed by atoms with Crippen molar-refractivity contribution in [1.29, 1.82) is 0 Å². The first-order valence-electron chi connectivity index (χ1n) is 14.8. The Morgan fingerprint density at radius 3 is 2.36 bits per heavy atom. The molecule has 0 saturated heterocycles. The second kappa shape index (κ2) is 11.5. The molecule has 2 aromatic carbocycles. The van der Waals surface area contributed by atoms with Crippen molar-refractivity contribution >= 4 is 29.0 Å². The lowest BCUT2D eigenvalue weighted by Gasteiger charge is -2.52. The van der Waals surface area contributed by atoms with E-state index in [2.05, 4.69) is 11.8 Å². The molecule has 5 rings (SSSR count). The topological polar surface area (TPSA) is 168 Å². The average Bonchev–Trinajstić information content (AvgIpc) is 2.97. The Bertz CT molecular complexity index is 1540. The number of aliphatic hydroxyl groups is 1. The minimum atomic E-state index is -2.76. The van der Waals surface area contributed by atoms with Crippen molar-refractivity contribution in [3.8, 4) is 11.5 Å². The van der Waals surface area contributed by atoms with Crippen molar-refractivity contribution in [2.45, 2.75) is 50.9 Å². The summed E-state index contributed by atoms with van der Waals surface area (Å²) in [5.74, 6) is -10.4. The van der Waals surface area contributed by atoms with Crippen LogP contribution in [-0.4, -0.2) is 88.4 Å². The molecule has 0 aliphatic heterocycles. The van der Waals surface area contributed by atoms with Crippen molar-refractivity contribution in [3.05, 3.63) is 58.7 Å². The minimum Gasteiger partial charge on any atom is -0.507 e. The van der Waals surface area contributed by atoms with E-state index < -0.39 is 64.4 Å². The van der Waals surface area contributed by atoms with E-state index in [9.17, 15) is 34.2 Å². The van der Waals surface area contributed by atoms with Crippen molar-refractivity contribution in [1.82, 2.24) is 9.80 Å². The summed E-state index contributed by atoms with van der Waals surface area (Å²) in [6, 6.07) is 10.3. The molecular weight excluding hydrogens is 566 g/mol. The van der Waals surface area contributed by atoms with E-state index in [-0.39, 0.29) is 30.2 Å². The summed E-state index contributed by atoms with van der Waals surface area (Å²) >= 11 is 0. The SMILES string of the molecule is CCN(Cc1cc(O)c2c(c1OC)C[C@H]1C[C@H]3[C@H](N(C)C)C(=O)C(C(N)=O)C(=O)[C@@]3(O)C(=O)C1C2=O)C(C)c1ccccc1. The monoisotopic (exact) mass is 605 g/mol. The maximum Gasteiger partial charge on any atom is 0.235 e. The molecular formula is C33H39N3O8. The Labute approximate surface area is 256 Å². The number of phenolic OH excluding ortho intramolecular Hbond substituents is 1. The van der Waals surface area contributed by atoms with Crippen molar-refractivity contribution < 1.29 is 38.9 Å². The van der Waals surface area contributed by atoms with Crippen LogP contribution in [0.1, 0.15) is 53.4 Å². The zero-order chi connectivity index (χ0) is 32.2. The van der Waals surface area contributed by atoms with Crippen molar-refractivity contribution in [2.75, 3.05) is 27.7 Å². The predicted molar refractivity (Wildman–Crippen MR) is 159 cm³/mol. The van der Waals surface area contributed by atoms with Crippen LogP contribution in [-0.2, 0) is 32.1 Å². The van der Waals surface area contributed by atoms with E-state index in [4.69, 9.17) is 10.5 Å². The first kappa shape index (κ1) is 31.5. The first-order valence-corrected chi connectivity index (χ1v) is 14.8. The highest BCUT2D eigenvalue weighted by molar-refractivity contribution is 6.32. The van der Waals surface area contributed by atoms with Gasteiger partial charge in [0.1, 0.15) is 11.5 Å². The number of ketones is 4. The molecule has 7 atom stereocenters. The molecule has 2 fully saturated rings. The van der Waals surface area contributed by atoms with Crippen LogP contribution in [0.2, 0.25) is 0 Å². The van der Waals surface area contributed by atoms with E-state index in [1.807, 2.05) is 37.3 Å². The number of hydrogen-bond donors (Lipinski definition) is 3. The molecule has 0 spiro atoms. The Morgan fingerprint density at radius 1 is 1.14 bits per heavy atom. The molecule has 2 aromatic rings. The number of aromatic hydroxyl groups is 1. The molecule has 0 radical (unpaired) electrons. The quantitative estimate of drug-likeness (QED) is 0.375. The van der Waals surface area contributed by atoms with Crippen molar-refractivity contribution in [3.63, 3.8) is 0 Å². The highest BCUT2D eigenvalue weighted by Crippen LogP contribution is 2.52. The summed E-state index contributed by atoms with van der Waals surface area (Å²) < 4.78 is 5.85. The average molecular weight is 606 g/mol. The fourth-order valence-corrected chi connectivity index (χ4v) is 7.77. The molecule has 3 aliphatic rings. The Balaban J connectivity index is 1.57. The number of ether oxygens (including phenoxy) is 1. The molecule has 0 aromatic heterocycles. The van der Waals surface area contributed by atoms with Crippen LogP contribution < -0.4 is 10.5 Å². The Kier molecular flexibility index (Phi) is 8.25. The molecule has 11 nitrogen and oxygen atoms in total. The third-order valence-electron chi connectivity index (χ3n) is 9.90. The van der Waals surface area contributed by atoms with E-state index in [0.29, 0.717) is 30.0 Å². The maximum atomic E-state index is 14.0. The second-order valence-corrected chi connectivity index (χ2v) is 12.4. The normalized spacial score (nSPS) is 28.9. The van der Waals surface area contributed by atoms with Crippen LogP contribution in [0, 0.1) is 23.7 Å². The number of nitrogens with zero attached hydrogens (tertiary/aromatic N) is 2. The lowest BCUT2D eigenvalue weighted by atomic mass is 9.52. The van der Waals surface area contributed by atoms with Gasteiger partial charge in [0, 0.05) is 29.6 Å². The fourth-order valence-electron chi connectivity index (χ4n) is 7.77. The zero-order valence-corrected chi connectivity index (χ0v) is 25.6. The molecule has 3 unspecified atom stereocenters. The Morgan fingerprint density at radius 2 is 1.80 bits per heavy atom. The molecule has 1 amide bonds. The van der Waals surface area contributed by atoms with Gasteiger partial charge in [-0.25, -0.2) is 0 Å². The van der Waals surface area contributed by atoms with Crippen LogP contribution in [0.4, 0.5) is 0 Å². The van der Waals surface area contributed by atoms with Gasteiger partial charge >= 0.3 is 0 Å². The molecule has 44 heavy (non-hydrogen) atoms. The van der Waals surface area contributed by atoms with Crippen LogP contribution in [0.5, 0.6) is 11.5 Å². The molecule has 234 valence electrons. The minimum absolute atomic E-state index is 0.0236. The largest absolute Gasteiger partial charge is 0.507 e. The number of primary amides is 1. The van der Waals surface area contributed by atoms with E-state index in [1.54, 1.807) is 14.1 Å². The van der Waals surface area contributed by atoms with Gasteiger partial charge in [0.05, 0.1) is 24.6 Å². The molecule has 2 saturated carbocycles. The number of amides is 1. The maximum absolute atomic E-state index is 14.0. The number of rotatable bonds is 8. The van der Waals surface area contributed by atoms with Crippen LogP contribution in [0.3, 0.4) is 0 Å². The van der Waals surface area contributed by atoms with E-state index in [1.165, 1.54) is 18.1 Å². The number of likely N-dealkylation sites (N-methyl/N-ethyl adjacent to an activating group) is 1. The molecule has 0 bridgehead atoms. The number of Topliss-reactive ketones (excluding diaryl/α,β-unsaturated/α-hetero) is 4. The lowest BCUT2D eigenvalue weighted by molar-refractivity contribution is -0.181. The Hall–Kier alpha value is -3.93. The zero-order valence-electron chi connectivity index (χ0n) is 25.6. The third-order valence-corrected chi connectivity index (χ3v) is 9.90. The van der Waals surface area contributed by atoms with Gasteiger partial charge in [-0.1, -0.05) is 37.3 Å². The summed E-state index contributed by atoms with van der Waals surface area (Å²) in [4.78, 5) is 70.6. The number of carbonyl (C=O) groups excluding carboxylic acids is 5. The number of benzene rings is 2. The summed E-state index contributed by atoms with van der Waals surface area (Å²) in [6.45, 7) is 5.21. The number of methoxy groups -OCH3 is 1. The standard InChI is InChI=1S/C33H39N3O8/c1-6-36(16(2)17-10-8-7-9-11-17)15-19-14-22(37)24-20(29(19)44-5)12-18-13-21-26(35(3)4)28(39)25(32(34)42)31(41)33(21,43)30(40)23(18)27(24)38/h7-11,14,16,18,21,23,25-26,37,43H,6,12-13,15H2,1-5H3,(H2,34,42)/t16?,18-,21-,23?,25?,26-,33-/m0/s1. The third kappa shape index (κ3) is 4.65. The van der Waals surface area contributed by atoms with E-state index in [0.717, 1.165) is 5.56 Å². The number of phenols is 1. The summed E-state index contributed by atoms with van der Waals surface area (Å²) in [5.41, 5.74) is 4.76. The van der Waals surface area contributed by atoms with Gasteiger partial charge < -0.3 is 20.7 Å². The number of carbonyl (C=O) groups is 5. The van der Waals surface area contributed by atoms with Gasteiger partial charge in [0.25, 0.3) is 0 Å². The summed E-state index contributed by atoms with van der Waals surface area (Å²) in [7, 11) is 4.59. The van der Waals surface area contributed by atoms with Gasteiger partial charge in [0.2, 0.25) is 5.91 Å². The lowest BCUT2D eigenvalue weighted by Crippen LogP contribution is -2.74. The predicted octanol–water partition coefficient (Wildman–Crippen LogP) is 1.46. The van der Waals surface area contributed by atoms with Crippen molar-refractivity contribution in [2.24, 2.45) is 29.4 Å². The number of hydrogen-bond acceptors (Lipinski definition) is 10. The molecule has 4 N–H and O–H groups in total. The highest BCUT2D eigenvalue weighted by Gasteiger charge is 2.69. The molecule has 11 heteroatoms. The van der Waals surface area contributed by atoms with Crippen LogP contribution in [0.25, 0.3) is 0 Å². The van der Waals surface area contributed by atoms with E-state index >= 15 is 0 Å². The van der Waals surface area contributed by atoms with Gasteiger partial charge in [-0.3, -0.25) is 33.8 Å². The second-order valence-electron chi connectivity index (χ2n) is 12.4. The highest BCUT2D eigenvalue weighted by atomic mass is 16.5. The van der Waals surface area contributed by atoms with Gasteiger partial charge in [0.15, 0.2) is 34.7 Å². The smallest absolute Gasteiger partial charge is 0.235 e. The van der Waals surface area contributed by atoms with Crippen LogP contribution >= 0.6 is 0 Å². The van der Waals surface area contributed by atoms with Crippen LogP contribution in [0.15, 0.2) is 36.4 Å². The summed E-state index contributed by atoms with van der Waals surface area (Å²) in [6.07, 6.45) is 0.112. The number of fused-ring (bicyclic) bond motifs is 3. The summed E-state index contributed by atoms with van der Waals surface area (Å²) in [5, 5.41) is 23.0.